The largest absolute Gasteiger partial charge is 0.354 e. The highest BCUT2D eigenvalue weighted by Crippen LogP contribution is 2.42. The first kappa shape index (κ1) is 19.8. The van der Waals surface area contributed by atoms with Gasteiger partial charge in [-0.15, -0.1) is 0 Å². The van der Waals surface area contributed by atoms with Crippen LogP contribution in [0.4, 0.5) is 11.4 Å². The van der Waals surface area contributed by atoms with Crippen molar-refractivity contribution >= 4 is 54.5 Å². The Labute approximate surface area is 204 Å². The molecular weight excluding hydrogens is 422 g/mol. The van der Waals surface area contributed by atoms with Gasteiger partial charge < -0.3 is 5.32 Å². The van der Waals surface area contributed by atoms with Crippen LogP contribution in [-0.2, 0) is 0 Å². The van der Waals surface area contributed by atoms with E-state index in [9.17, 15) is 0 Å². The highest BCUT2D eigenvalue weighted by Gasteiger charge is 2.15. The van der Waals surface area contributed by atoms with Crippen molar-refractivity contribution in [3.8, 4) is 11.1 Å². The van der Waals surface area contributed by atoms with Crippen LogP contribution >= 0.6 is 0 Å². The first-order valence-corrected chi connectivity index (χ1v) is 12.0. The molecule has 0 bridgehead atoms. The van der Waals surface area contributed by atoms with Crippen molar-refractivity contribution in [1.82, 2.24) is 0 Å². The second-order valence-corrected chi connectivity index (χ2v) is 9.05. The molecule has 0 saturated heterocycles. The summed E-state index contributed by atoms with van der Waals surface area (Å²) in [5, 5.41) is 13.9. The van der Waals surface area contributed by atoms with Gasteiger partial charge in [0.05, 0.1) is 0 Å². The van der Waals surface area contributed by atoms with Crippen LogP contribution in [0, 0.1) is 0 Å². The van der Waals surface area contributed by atoms with Gasteiger partial charge in [-0.3, -0.25) is 0 Å². The second-order valence-electron chi connectivity index (χ2n) is 9.05. The van der Waals surface area contributed by atoms with Crippen molar-refractivity contribution in [2.45, 2.75) is 0 Å². The predicted molar refractivity (Wildman–Crippen MR) is 152 cm³/mol. The van der Waals surface area contributed by atoms with Crippen molar-refractivity contribution in [2.75, 3.05) is 5.32 Å². The topological polar surface area (TPSA) is 12.0 Å². The molecule has 0 aromatic heterocycles. The standard InChI is InChI=1S/C34H23N/c1-4-14-26-23(10-1)13-9-19-31(26)34-28-16-6-2-11-24(28)20-21-32(34)35-33-22-25-12-3-5-15-27(25)29-17-7-8-18-30(29)33/h1-22,35H. The molecule has 0 saturated carbocycles. The molecule has 0 aliphatic heterocycles. The molecule has 35 heavy (non-hydrogen) atoms. The second kappa shape index (κ2) is 8.00. The van der Waals surface area contributed by atoms with Crippen molar-refractivity contribution in [3.63, 3.8) is 0 Å². The van der Waals surface area contributed by atoms with Gasteiger partial charge in [-0.2, -0.15) is 0 Å². The van der Waals surface area contributed by atoms with E-state index < -0.39 is 0 Å². The van der Waals surface area contributed by atoms with Crippen LogP contribution in [0.15, 0.2) is 133 Å². The normalized spacial score (nSPS) is 11.4. The molecule has 1 nitrogen and oxygen atoms in total. The van der Waals surface area contributed by atoms with Crippen molar-refractivity contribution in [1.29, 1.82) is 0 Å². The Balaban J connectivity index is 1.52. The van der Waals surface area contributed by atoms with Crippen LogP contribution in [0.3, 0.4) is 0 Å². The number of hydrogen-bond donors (Lipinski definition) is 1. The fourth-order valence-electron chi connectivity index (χ4n) is 5.41. The summed E-state index contributed by atoms with van der Waals surface area (Å²) in [7, 11) is 0. The quantitative estimate of drug-likeness (QED) is 0.267. The highest BCUT2D eigenvalue weighted by molar-refractivity contribution is 6.15. The molecule has 7 aromatic rings. The Bertz CT molecular complexity index is 1870. The average molecular weight is 446 g/mol. The van der Waals surface area contributed by atoms with Crippen LogP contribution in [0.25, 0.3) is 54.2 Å². The first-order valence-electron chi connectivity index (χ1n) is 12.0. The lowest BCUT2D eigenvalue weighted by Crippen LogP contribution is -1.96. The zero-order valence-corrected chi connectivity index (χ0v) is 19.2. The van der Waals surface area contributed by atoms with Gasteiger partial charge in [-0.1, -0.05) is 121 Å². The highest BCUT2D eigenvalue weighted by atomic mass is 14.9. The molecular formula is C34H23N. The fraction of sp³-hybridized carbons (Fsp3) is 0. The third-order valence-electron chi connectivity index (χ3n) is 7.03. The number of rotatable bonds is 3. The molecule has 0 aliphatic rings. The predicted octanol–water partition coefficient (Wildman–Crippen LogP) is 9.71. The van der Waals surface area contributed by atoms with E-state index in [0.29, 0.717) is 0 Å². The van der Waals surface area contributed by atoms with Gasteiger partial charge in [0.2, 0.25) is 0 Å². The van der Waals surface area contributed by atoms with Crippen molar-refractivity contribution < 1.29 is 0 Å². The summed E-state index contributed by atoms with van der Waals surface area (Å²) in [5.41, 5.74) is 4.71. The molecule has 0 unspecified atom stereocenters. The molecule has 0 fully saturated rings. The van der Waals surface area contributed by atoms with Gasteiger partial charge in [-0.05, 0) is 55.4 Å². The Kier molecular flexibility index (Phi) is 4.53. The third-order valence-corrected chi connectivity index (χ3v) is 7.03. The molecule has 0 radical (unpaired) electrons. The number of hydrogen-bond acceptors (Lipinski definition) is 1. The zero-order chi connectivity index (χ0) is 23.2. The lowest BCUT2D eigenvalue weighted by atomic mass is 9.92. The SMILES string of the molecule is c1ccc2c(-c3c(Nc4cc5ccccc5c5ccccc45)ccc4ccccc34)cccc2c1. The third kappa shape index (κ3) is 3.25. The van der Waals surface area contributed by atoms with Crippen LogP contribution in [-0.4, -0.2) is 0 Å². The number of fused-ring (bicyclic) bond motifs is 5. The van der Waals surface area contributed by atoms with E-state index in [1.54, 1.807) is 0 Å². The summed E-state index contributed by atoms with van der Waals surface area (Å²) >= 11 is 0. The first-order chi connectivity index (χ1) is 17.4. The van der Waals surface area contributed by atoms with Gasteiger partial charge in [0.1, 0.15) is 0 Å². The van der Waals surface area contributed by atoms with Gasteiger partial charge in [0.15, 0.2) is 0 Å². The summed E-state index contributed by atoms with van der Waals surface area (Å²) in [6.45, 7) is 0. The smallest absolute Gasteiger partial charge is 0.0470 e. The Morgan fingerprint density at radius 2 is 0.914 bits per heavy atom. The summed E-state index contributed by atoms with van der Waals surface area (Å²) in [5.74, 6) is 0. The maximum Gasteiger partial charge on any atom is 0.0470 e. The molecule has 1 heteroatoms. The van der Waals surface area contributed by atoms with Gasteiger partial charge in [0, 0.05) is 22.3 Å². The van der Waals surface area contributed by atoms with E-state index in [1.165, 1.54) is 54.2 Å². The van der Waals surface area contributed by atoms with Crippen molar-refractivity contribution in [2.24, 2.45) is 0 Å². The number of anilines is 2. The molecule has 0 aliphatic carbocycles. The van der Waals surface area contributed by atoms with Gasteiger partial charge >= 0.3 is 0 Å². The zero-order valence-electron chi connectivity index (χ0n) is 19.2. The number of benzene rings is 7. The minimum absolute atomic E-state index is 1.11. The van der Waals surface area contributed by atoms with E-state index >= 15 is 0 Å². The molecule has 0 amide bonds. The lowest BCUT2D eigenvalue weighted by Gasteiger charge is -2.19. The van der Waals surface area contributed by atoms with Crippen LogP contribution in [0.1, 0.15) is 0 Å². The Morgan fingerprint density at radius 3 is 1.71 bits per heavy atom. The molecule has 0 heterocycles. The van der Waals surface area contributed by atoms with Gasteiger partial charge in [-0.25, -0.2) is 0 Å². The maximum atomic E-state index is 3.86. The fourth-order valence-corrected chi connectivity index (χ4v) is 5.41. The monoisotopic (exact) mass is 445 g/mol. The summed E-state index contributed by atoms with van der Waals surface area (Å²) < 4.78 is 0. The number of nitrogens with one attached hydrogen (secondary N) is 1. The Morgan fingerprint density at radius 1 is 0.343 bits per heavy atom. The van der Waals surface area contributed by atoms with E-state index in [2.05, 4.69) is 139 Å². The van der Waals surface area contributed by atoms with Gasteiger partial charge in [0.25, 0.3) is 0 Å². The maximum absolute atomic E-state index is 3.86. The minimum atomic E-state index is 1.11. The van der Waals surface area contributed by atoms with Crippen LogP contribution in [0.2, 0.25) is 0 Å². The van der Waals surface area contributed by atoms with E-state index in [4.69, 9.17) is 0 Å². The van der Waals surface area contributed by atoms with E-state index in [1.807, 2.05) is 0 Å². The minimum Gasteiger partial charge on any atom is -0.354 e. The van der Waals surface area contributed by atoms with Crippen LogP contribution in [0.5, 0.6) is 0 Å². The van der Waals surface area contributed by atoms with Crippen LogP contribution < -0.4 is 5.32 Å². The average Bonchev–Trinajstić information content (AvgIpc) is 2.93. The molecule has 0 spiro atoms. The lowest BCUT2D eigenvalue weighted by molar-refractivity contribution is 1.59. The van der Waals surface area contributed by atoms with Crippen molar-refractivity contribution in [3.05, 3.63) is 133 Å². The molecule has 0 atom stereocenters. The molecule has 164 valence electrons. The Hall–Kier alpha value is -4.62. The molecule has 1 N–H and O–H groups in total. The summed E-state index contributed by atoms with van der Waals surface area (Å²) in [4.78, 5) is 0. The van der Waals surface area contributed by atoms with E-state index in [0.717, 1.165) is 11.4 Å². The summed E-state index contributed by atoms with van der Waals surface area (Å²) in [6.07, 6.45) is 0. The molecule has 7 aromatic carbocycles. The van der Waals surface area contributed by atoms with E-state index in [-0.39, 0.29) is 0 Å². The molecule has 7 rings (SSSR count). The summed E-state index contributed by atoms with van der Waals surface area (Å²) in [6, 6.07) is 47.9.